The van der Waals surface area contributed by atoms with Crippen molar-refractivity contribution in [2.45, 2.75) is 0 Å². The fourth-order valence-electron chi connectivity index (χ4n) is 4.72. The van der Waals surface area contributed by atoms with E-state index in [1.165, 1.54) is 11.1 Å². The molecule has 0 spiro atoms. The van der Waals surface area contributed by atoms with Gasteiger partial charge in [-0.05, 0) is 58.0 Å². The van der Waals surface area contributed by atoms with E-state index in [4.69, 9.17) is 0 Å². The van der Waals surface area contributed by atoms with Gasteiger partial charge in [0.1, 0.15) is 0 Å². The van der Waals surface area contributed by atoms with Crippen LogP contribution in [0.1, 0.15) is 0 Å². The summed E-state index contributed by atoms with van der Waals surface area (Å²) < 4.78 is 2.24. The number of fused-ring (bicyclic) bond motifs is 3. The molecule has 0 atom stereocenters. The van der Waals surface area contributed by atoms with Crippen LogP contribution in [-0.2, 0) is 0 Å². The molecule has 0 unspecified atom stereocenters. The highest BCUT2D eigenvalue weighted by Gasteiger charge is 2.17. The van der Waals surface area contributed by atoms with E-state index in [9.17, 15) is 10.0 Å². The van der Waals surface area contributed by atoms with Crippen LogP contribution in [0, 0.1) is 0 Å². The quantitative estimate of drug-likeness (QED) is 0.341. The van der Waals surface area contributed by atoms with E-state index in [2.05, 4.69) is 71.3 Å². The smallest absolute Gasteiger partial charge is 0.423 e. The first-order chi connectivity index (χ1) is 16.7. The molecule has 0 radical (unpaired) electrons. The van der Waals surface area contributed by atoms with Crippen molar-refractivity contribution in [3.63, 3.8) is 0 Å². The monoisotopic (exact) mass is 439 g/mol. The Morgan fingerprint density at radius 3 is 1.59 bits per heavy atom. The Morgan fingerprint density at radius 1 is 0.471 bits per heavy atom. The summed E-state index contributed by atoms with van der Waals surface area (Å²) in [5.41, 5.74) is 8.27. The van der Waals surface area contributed by atoms with Crippen LogP contribution in [0.4, 0.5) is 0 Å². The zero-order valence-corrected chi connectivity index (χ0v) is 18.5. The minimum absolute atomic E-state index is 0.482. The Morgan fingerprint density at radius 2 is 0.971 bits per heavy atom. The van der Waals surface area contributed by atoms with Crippen molar-refractivity contribution in [2.75, 3.05) is 0 Å². The largest absolute Gasteiger partial charge is 0.488 e. The zero-order chi connectivity index (χ0) is 23.1. The van der Waals surface area contributed by atoms with E-state index >= 15 is 0 Å². The summed E-state index contributed by atoms with van der Waals surface area (Å²) in [4.78, 5) is 0. The lowest BCUT2D eigenvalue weighted by Gasteiger charge is -2.10. The van der Waals surface area contributed by atoms with Crippen LogP contribution in [-0.4, -0.2) is 21.7 Å². The fourth-order valence-corrected chi connectivity index (χ4v) is 4.72. The molecule has 0 aliphatic rings. The molecule has 0 bridgehead atoms. The topological polar surface area (TPSA) is 45.4 Å². The highest BCUT2D eigenvalue weighted by molar-refractivity contribution is 6.59. The van der Waals surface area contributed by atoms with Gasteiger partial charge in [-0.25, -0.2) is 0 Å². The second-order valence-electron chi connectivity index (χ2n) is 8.50. The predicted octanol–water partition coefficient (Wildman–Crippen LogP) is 5.80. The minimum atomic E-state index is -1.51. The molecule has 2 N–H and O–H groups in total. The van der Waals surface area contributed by atoms with E-state index in [0.29, 0.717) is 5.46 Å². The van der Waals surface area contributed by atoms with Crippen molar-refractivity contribution in [3.05, 3.63) is 121 Å². The Labute approximate surface area is 198 Å². The van der Waals surface area contributed by atoms with E-state index in [0.717, 1.165) is 38.6 Å². The Kier molecular flexibility index (Phi) is 5.03. The summed E-state index contributed by atoms with van der Waals surface area (Å²) in [6.07, 6.45) is 0. The summed E-state index contributed by atoms with van der Waals surface area (Å²) >= 11 is 0. The predicted molar refractivity (Wildman–Crippen MR) is 141 cm³/mol. The van der Waals surface area contributed by atoms with Crippen molar-refractivity contribution in [1.82, 2.24) is 4.57 Å². The van der Waals surface area contributed by atoms with Crippen LogP contribution in [0.3, 0.4) is 0 Å². The molecule has 6 rings (SSSR count). The maximum atomic E-state index is 9.80. The van der Waals surface area contributed by atoms with Gasteiger partial charge in [0.15, 0.2) is 0 Å². The van der Waals surface area contributed by atoms with Crippen LogP contribution < -0.4 is 5.46 Å². The second-order valence-corrected chi connectivity index (χ2v) is 8.50. The van der Waals surface area contributed by atoms with Crippen molar-refractivity contribution in [2.24, 2.45) is 0 Å². The number of benzene rings is 5. The Balaban J connectivity index is 1.57. The summed E-state index contributed by atoms with van der Waals surface area (Å²) in [5, 5.41) is 21.7. The van der Waals surface area contributed by atoms with Crippen molar-refractivity contribution in [1.29, 1.82) is 0 Å². The SMILES string of the molecule is OB(O)c1ccc2c(c1)c1cc(-c3ccccc3)ccc1n2-c1ccc(-c2ccccc2)cc1. The number of hydrogen-bond donors (Lipinski definition) is 2. The summed E-state index contributed by atoms with van der Waals surface area (Å²) in [5.74, 6) is 0. The number of rotatable bonds is 4. The first kappa shape index (κ1) is 20.5. The molecule has 4 heteroatoms. The normalized spacial score (nSPS) is 11.2. The van der Waals surface area contributed by atoms with Crippen LogP contribution in [0.25, 0.3) is 49.7 Å². The van der Waals surface area contributed by atoms with Gasteiger partial charge in [0.2, 0.25) is 0 Å². The van der Waals surface area contributed by atoms with Gasteiger partial charge in [0.05, 0.1) is 11.0 Å². The number of aromatic nitrogens is 1. The van der Waals surface area contributed by atoms with Gasteiger partial charge in [0.25, 0.3) is 0 Å². The molecule has 34 heavy (non-hydrogen) atoms. The third-order valence-corrected chi connectivity index (χ3v) is 6.43. The van der Waals surface area contributed by atoms with E-state index in [-0.39, 0.29) is 0 Å². The van der Waals surface area contributed by atoms with Crippen LogP contribution >= 0.6 is 0 Å². The minimum Gasteiger partial charge on any atom is -0.423 e. The van der Waals surface area contributed by atoms with Gasteiger partial charge in [0, 0.05) is 16.5 Å². The first-order valence-electron chi connectivity index (χ1n) is 11.3. The lowest BCUT2D eigenvalue weighted by molar-refractivity contribution is 0.426. The molecule has 0 saturated carbocycles. The highest BCUT2D eigenvalue weighted by atomic mass is 16.4. The molecule has 0 fully saturated rings. The average molecular weight is 439 g/mol. The Hall–Kier alpha value is -4.12. The molecule has 0 saturated heterocycles. The third-order valence-electron chi connectivity index (χ3n) is 6.43. The molecule has 5 aromatic carbocycles. The Bertz CT molecular complexity index is 1610. The van der Waals surface area contributed by atoms with Crippen molar-refractivity contribution in [3.8, 4) is 27.9 Å². The van der Waals surface area contributed by atoms with Crippen LogP contribution in [0.2, 0.25) is 0 Å². The van der Waals surface area contributed by atoms with E-state index in [1.54, 1.807) is 6.07 Å². The lowest BCUT2D eigenvalue weighted by atomic mass is 9.80. The molecule has 6 aromatic rings. The zero-order valence-electron chi connectivity index (χ0n) is 18.5. The molecule has 0 aliphatic carbocycles. The maximum Gasteiger partial charge on any atom is 0.488 e. The molecule has 0 aliphatic heterocycles. The van der Waals surface area contributed by atoms with Gasteiger partial charge in [-0.2, -0.15) is 0 Å². The van der Waals surface area contributed by atoms with E-state index < -0.39 is 7.12 Å². The average Bonchev–Trinajstić information content (AvgIpc) is 3.23. The molecule has 162 valence electrons. The van der Waals surface area contributed by atoms with E-state index in [1.807, 2.05) is 48.5 Å². The fraction of sp³-hybridized carbons (Fsp3) is 0. The van der Waals surface area contributed by atoms with Gasteiger partial charge in [-0.15, -0.1) is 0 Å². The number of nitrogens with zero attached hydrogens (tertiary/aromatic N) is 1. The molecule has 1 heterocycles. The van der Waals surface area contributed by atoms with Gasteiger partial charge in [-0.3, -0.25) is 0 Å². The second kappa shape index (κ2) is 8.34. The van der Waals surface area contributed by atoms with Crippen molar-refractivity contribution < 1.29 is 10.0 Å². The molecule has 1 aromatic heterocycles. The molecule has 0 amide bonds. The maximum absolute atomic E-state index is 9.80. The number of hydrogen-bond acceptors (Lipinski definition) is 2. The summed E-state index contributed by atoms with van der Waals surface area (Å²) in [6.45, 7) is 0. The highest BCUT2D eigenvalue weighted by Crippen LogP contribution is 2.35. The van der Waals surface area contributed by atoms with Gasteiger partial charge < -0.3 is 14.6 Å². The lowest BCUT2D eigenvalue weighted by Crippen LogP contribution is -2.29. The third kappa shape index (κ3) is 3.50. The van der Waals surface area contributed by atoms with Gasteiger partial charge >= 0.3 is 7.12 Å². The molecular weight excluding hydrogens is 417 g/mol. The van der Waals surface area contributed by atoms with Crippen molar-refractivity contribution >= 4 is 34.4 Å². The van der Waals surface area contributed by atoms with Crippen LogP contribution in [0.5, 0.6) is 0 Å². The molecule has 3 nitrogen and oxygen atoms in total. The summed E-state index contributed by atoms with van der Waals surface area (Å²) in [7, 11) is -1.51. The van der Waals surface area contributed by atoms with Crippen LogP contribution in [0.15, 0.2) is 121 Å². The summed E-state index contributed by atoms with van der Waals surface area (Å²) in [6, 6.07) is 41.3. The standard InChI is InChI=1S/C30H22BNO2/c33-31(34)25-14-18-30-28(20-25)27-19-24(22-9-5-2-6-10-22)13-17-29(27)32(30)26-15-11-23(12-16-26)21-7-3-1-4-8-21/h1-20,33-34H. The molecular formula is C30H22BNO2. The van der Waals surface area contributed by atoms with Gasteiger partial charge in [-0.1, -0.05) is 91.0 Å². The first-order valence-corrected chi connectivity index (χ1v) is 11.3.